The molecule has 1 aliphatic rings. The van der Waals surface area contributed by atoms with Crippen molar-refractivity contribution >= 4 is 17.3 Å². The van der Waals surface area contributed by atoms with Gasteiger partial charge in [-0.1, -0.05) is 12.1 Å². The van der Waals surface area contributed by atoms with Gasteiger partial charge in [-0.2, -0.15) is 5.26 Å². The van der Waals surface area contributed by atoms with Crippen LogP contribution in [-0.2, 0) is 4.79 Å². The van der Waals surface area contributed by atoms with Crippen LogP contribution >= 0.6 is 0 Å². The summed E-state index contributed by atoms with van der Waals surface area (Å²) in [6.45, 7) is 2.34. The lowest BCUT2D eigenvalue weighted by Crippen LogP contribution is -2.44. The van der Waals surface area contributed by atoms with E-state index in [-0.39, 0.29) is 17.1 Å². The number of nitrogens with one attached hydrogen (secondary N) is 1. The number of hydrogen-bond acceptors (Lipinski definition) is 5. The third kappa shape index (κ3) is 4.55. The molecule has 0 unspecified atom stereocenters. The van der Waals surface area contributed by atoms with Crippen molar-refractivity contribution in [2.24, 2.45) is 0 Å². The van der Waals surface area contributed by atoms with E-state index in [4.69, 9.17) is 0 Å². The summed E-state index contributed by atoms with van der Waals surface area (Å²) in [7, 11) is 0. The highest BCUT2D eigenvalue weighted by molar-refractivity contribution is 6.06. The summed E-state index contributed by atoms with van der Waals surface area (Å²) in [5.74, 6) is -0.677. The standard InChI is InChI=1S/C20H19FN4O2/c21-18-3-1-2-4-19(18)25-11-9-24(10-12-25)14-15(13-22)20(27)23-16-5-7-17(26)8-6-16/h1-8,14,26H,9-12H2,(H,23,27)/b15-14-. The molecule has 0 aromatic heterocycles. The van der Waals surface area contributed by atoms with Crippen LogP contribution in [0, 0.1) is 17.1 Å². The monoisotopic (exact) mass is 366 g/mol. The summed E-state index contributed by atoms with van der Waals surface area (Å²) >= 11 is 0. The molecule has 3 rings (SSSR count). The van der Waals surface area contributed by atoms with Crippen LogP contribution in [0.2, 0.25) is 0 Å². The van der Waals surface area contributed by atoms with Crippen LogP contribution in [0.5, 0.6) is 5.75 Å². The summed E-state index contributed by atoms with van der Waals surface area (Å²) in [6, 6.07) is 14.6. The van der Waals surface area contributed by atoms with Crippen LogP contribution < -0.4 is 10.2 Å². The fourth-order valence-electron chi connectivity index (χ4n) is 2.86. The molecule has 2 aromatic rings. The molecule has 0 spiro atoms. The van der Waals surface area contributed by atoms with Crippen LogP contribution in [0.25, 0.3) is 0 Å². The minimum absolute atomic E-state index is 0.0117. The van der Waals surface area contributed by atoms with E-state index in [0.717, 1.165) is 0 Å². The number of phenols is 1. The van der Waals surface area contributed by atoms with Crippen molar-refractivity contribution in [2.45, 2.75) is 0 Å². The number of aromatic hydroxyl groups is 1. The van der Waals surface area contributed by atoms with E-state index in [1.807, 2.05) is 15.9 Å². The van der Waals surface area contributed by atoms with E-state index < -0.39 is 5.91 Å². The lowest BCUT2D eigenvalue weighted by atomic mass is 10.2. The first-order chi connectivity index (χ1) is 13.1. The molecule has 138 valence electrons. The minimum atomic E-state index is -0.514. The second kappa shape index (κ2) is 8.23. The first-order valence-electron chi connectivity index (χ1n) is 8.52. The number of anilines is 2. The number of phenolic OH excluding ortho intramolecular Hbond substituents is 1. The largest absolute Gasteiger partial charge is 0.508 e. The van der Waals surface area contributed by atoms with Crippen molar-refractivity contribution in [1.29, 1.82) is 5.26 Å². The van der Waals surface area contributed by atoms with Gasteiger partial charge >= 0.3 is 0 Å². The summed E-state index contributed by atoms with van der Waals surface area (Å²) < 4.78 is 13.9. The summed E-state index contributed by atoms with van der Waals surface area (Å²) in [5.41, 5.74) is 1.04. The minimum Gasteiger partial charge on any atom is -0.508 e. The van der Waals surface area contributed by atoms with Crippen LogP contribution in [0.3, 0.4) is 0 Å². The highest BCUT2D eigenvalue weighted by Crippen LogP contribution is 2.20. The maximum atomic E-state index is 13.9. The fourth-order valence-corrected chi connectivity index (χ4v) is 2.86. The zero-order chi connectivity index (χ0) is 19.2. The highest BCUT2D eigenvalue weighted by Gasteiger charge is 2.19. The number of nitriles is 1. The Kier molecular flexibility index (Phi) is 5.57. The van der Waals surface area contributed by atoms with Gasteiger partial charge < -0.3 is 20.2 Å². The van der Waals surface area contributed by atoms with Gasteiger partial charge in [-0.3, -0.25) is 4.79 Å². The summed E-state index contributed by atoms with van der Waals surface area (Å²) in [6.07, 6.45) is 1.54. The number of halogens is 1. The number of benzene rings is 2. The van der Waals surface area contributed by atoms with Gasteiger partial charge in [-0.05, 0) is 36.4 Å². The predicted molar refractivity (Wildman–Crippen MR) is 101 cm³/mol. The van der Waals surface area contributed by atoms with Crippen molar-refractivity contribution in [3.8, 4) is 11.8 Å². The number of para-hydroxylation sites is 1. The van der Waals surface area contributed by atoms with Crippen LogP contribution in [0.15, 0.2) is 60.3 Å². The Morgan fingerprint density at radius 2 is 1.78 bits per heavy atom. The van der Waals surface area contributed by atoms with Gasteiger partial charge in [0.05, 0.1) is 5.69 Å². The third-order valence-corrected chi connectivity index (χ3v) is 4.31. The summed E-state index contributed by atoms with van der Waals surface area (Å²) in [5, 5.41) is 21.2. The molecule has 1 fully saturated rings. The lowest BCUT2D eigenvalue weighted by Gasteiger charge is -2.35. The van der Waals surface area contributed by atoms with Crippen molar-refractivity contribution in [3.63, 3.8) is 0 Å². The van der Waals surface area contributed by atoms with E-state index >= 15 is 0 Å². The van der Waals surface area contributed by atoms with E-state index in [2.05, 4.69) is 5.32 Å². The number of carbonyl (C=O) groups excluding carboxylic acids is 1. The molecule has 0 aliphatic carbocycles. The molecule has 1 amide bonds. The average molecular weight is 366 g/mol. The van der Waals surface area contributed by atoms with E-state index in [1.165, 1.54) is 24.4 Å². The molecule has 2 N–H and O–H groups in total. The molecule has 1 aliphatic heterocycles. The highest BCUT2D eigenvalue weighted by atomic mass is 19.1. The van der Waals surface area contributed by atoms with Crippen LogP contribution in [0.1, 0.15) is 0 Å². The SMILES string of the molecule is N#C/C(=C/N1CCN(c2ccccc2F)CC1)C(=O)Nc1ccc(O)cc1. The molecular formula is C20H19FN4O2. The van der Waals surface area contributed by atoms with Crippen molar-refractivity contribution in [1.82, 2.24) is 4.90 Å². The number of amides is 1. The molecule has 0 bridgehead atoms. The Bertz CT molecular complexity index is 882. The van der Waals surface area contributed by atoms with E-state index in [1.54, 1.807) is 30.3 Å². The van der Waals surface area contributed by atoms with Crippen LogP contribution in [0.4, 0.5) is 15.8 Å². The van der Waals surface area contributed by atoms with Gasteiger partial charge in [-0.25, -0.2) is 4.39 Å². The van der Waals surface area contributed by atoms with Crippen molar-refractivity contribution in [3.05, 3.63) is 66.1 Å². The summed E-state index contributed by atoms with van der Waals surface area (Å²) in [4.78, 5) is 16.1. The van der Waals surface area contributed by atoms with Crippen molar-refractivity contribution in [2.75, 3.05) is 36.4 Å². The van der Waals surface area contributed by atoms with Gasteiger partial charge in [0.1, 0.15) is 23.2 Å². The molecular weight excluding hydrogens is 347 g/mol. The zero-order valence-corrected chi connectivity index (χ0v) is 14.6. The molecule has 7 heteroatoms. The molecule has 0 atom stereocenters. The van der Waals surface area contributed by atoms with E-state index in [0.29, 0.717) is 37.6 Å². The Morgan fingerprint density at radius 3 is 2.41 bits per heavy atom. The number of piperazine rings is 1. The van der Waals surface area contributed by atoms with Crippen molar-refractivity contribution < 1.29 is 14.3 Å². The number of rotatable bonds is 4. The number of hydrogen-bond donors (Lipinski definition) is 2. The Balaban J connectivity index is 1.61. The van der Waals surface area contributed by atoms with Crippen LogP contribution in [-0.4, -0.2) is 42.1 Å². The lowest BCUT2D eigenvalue weighted by molar-refractivity contribution is -0.112. The van der Waals surface area contributed by atoms with Gasteiger partial charge in [0.2, 0.25) is 0 Å². The molecule has 2 aromatic carbocycles. The first kappa shape index (κ1) is 18.3. The Labute approximate surface area is 156 Å². The topological polar surface area (TPSA) is 79.6 Å². The molecule has 0 radical (unpaired) electrons. The molecule has 1 saturated heterocycles. The Hall–Kier alpha value is -3.53. The fraction of sp³-hybridized carbons (Fsp3) is 0.200. The quantitative estimate of drug-likeness (QED) is 0.494. The van der Waals surface area contributed by atoms with Gasteiger partial charge in [-0.15, -0.1) is 0 Å². The maximum absolute atomic E-state index is 13.9. The smallest absolute Gasteiger partial charge is 0.267 e. The second-order valence-corrected chi connectivity index (χ2v) is 6.13. The van der Waals surface area contributed by atoms with E-state index in [9.17, 15) is 19.6 Å². The van der Waals surface area contributed by atoms with Gasteiger partial charge in [0, 0.05) is 38.1 Å². The maximum Gasteiger partial charge on any atom is 0.267 e. The molecule has 0 saturated carbocycles. The number of carbonyl (C=O) groups is 1. The first-order valence-corrected chi connectivity index (χ1v) is 8.52. The Morgan fingerprint density at radius 1 is 1.11 bits per heavy atom. The average Bonchev–Trinajstić information content (AvgIpc) is 2.69. The van der Waals surface area contributed by atoms with Gasteiger partial charge in [0.15, 0.2) is 0 Å². The zero-order valence-electron chi connectivity index (χ0n) is 14.6. The molecule has 6 nitrogen and oxygen atoms in total. The molecule has 27 heavy (non-hydrogen) atoms. The molecule has 1 heterocycles. The normalized spacial score (nSPS) is 14.6. The van der Waals surface area contributed by atoms with Gasteiger partial charge in [0.25, 0.3) is 5.91 Å². The second-order valence-electron chi connectivity index (χ2n) is 6.13. The third-order valence-electron chi connectivity index (χ3n) is 4.31. The predicted octanol–water partition coefficient (Wildman–Crippen LogP) is 2.70. The number of nitrogens with zero attached hydrogens (tertiary/aromatic N) is 3.